The SMILES string of the molecule is CC(N)C(C)C(C)CCC1CCCC(C2CCC(N)C2)C1. The summed E-state index contributed by atoms with van der Waals surface area (Å²) in [6, 6.07) is 0.835. The smallest absolute Gasteiger partial charge is 0.00416 e. The van der Waals surface area contributed by atoms with E-state index in [1.807, 2.05) is 0 Å². The van der Waals surface area contributed by atoms with Gasteiger partial charge in [-0.3, -0.25) is 0 Å². The Balaban J connectivity index is 1.74. The van der Waals surface area contributed by atoms with Gasteiger partial charge in [-0.05, 0) is 62.2 Å². The fraction of sp³-hybridized carbons (Fsp3) is 1.00. The molecule has 2 rings (SSSR count). The number of rotatable bonds is 6. The maximum Gasteiger partial charge on any atom is 0.00416 e. The van der Waals surface area contributed by atoms with E-state index >= 15 is 0 Å². The minimum Gasteiger partial charge on any atom is -0.328 e. The molecule has 4 N–H and O–H groups in total. The maximum absolute atomic E-state index is 6.11. The second kappa shape index (κ2) is 7.97. The molecule has 0 spiro atoms. The molecule has 0 bridgehead atoms. The zero-order valence-corrected chi connectivity index (χ0v) is 14.6. The van der Waals surface area contributed by atoms with Crippen LogP contribution in [0.4, 0.5) is 0 Å². The van der Waals surface area contributed by atoms with Crippen LogP contribution in [-0.2, 0) is 0 Å². The lowest BCUT2D eigenvalue weighted by Gasteiger charge is -2.34. The maximum atomic E-state index is 6.11. The lowest BCUT2D eigenvalue weighted by atomic mass is 9.72. The topological polar surface area (TPSA) is 52.0 Å². The van der Waals surface area contributed by atoms with E-state index in [0.29, 0.717) is 18.0 Å². The van der Waals surface area contributed by atoms with Gasteiger partial charge in [0, 0.05) is 12.1 Å². The van der Waals surface area contributed by atoms with E-state index in [2.05, 4.69) is 20.8 Å². The van der Waals surface area contributed by atoms with Crippen LogP contribution < -0.4 is 11.5 Å². The Morgan fingerprint density at radius 1 is 0.952 bits per heavy atom. The first-order chi connectivity index (χ1) is 9.97. The van der Waals surface area contributed by atoms with Gasteiger partial charge in [-0.15, -0.1) is 0 Å². The quantitative estimate of drug-likeness (QED) is 0.766. The zero-order chi connectivity index (χ0) is 15.4. The first-order valence-electron chi connectivity index (χ1n) is 9.48. The predicted octanol–water partition coefficient (Wildman–Crippen LogP) is 4.32. The summed E-state index contributed by atoms with van der Waals surface area (Å²) in [6.07, 6.45) is 12.6. The largest absolute Gasteiger partial charge is 0.328 e. The van der Waals surface area contributed by atoms with Crippen molar-refractivity contribution >= 4 is 0 Å². The molecule has 2 saturated carbocycles. The Bertz CT molecular complexity index is 302. The van der Waals surface area contributed by atoms with Crippen molar-refractivity contribution in [3.8, 4) is 0 Å². The van der Waals surface area contributed by atoms with Gasteiger partial charge in [0.05, 0.1) is 0 Å². The average Bonchev–Trinajstić information content (AvgIpc) is 2.90. The summed E-state index contributed by atoms with van der Waals surface area (Å²) in [4.78, 5) is 0. The fourth-order valence-electron chi connectivity index (χ4n) is 4.78. The van der Waals surface area contributed by atoms with E-state index in [4.69, 9.17) is 11.5 Å². The van der Waals surface area contributed by atoms with Crippen molar-refractivity contribution in [2.75, 3.05) is 0 Å². The minimum atomic E-state index is 0.332. The normalized spacial score (nSPS) is 38.1. The Hall–Kier alpha value is -0.0800. The van der Waals surface area contributed by atoms with E-state index in [9.17, 15) is 0 Å². The lowest BCUT2D eigenvalue weighted by Crippen LogP contribution is -2.29. The van der Waals surface area contributed by atoms with E-state index < -0.39 is 0 Å². The van der Waals surface area contributed by atoms with Gasteiger partial charge >= 0.3 is 0 Å². The summed E-state index contributed by atoms with van der Waals surface area (Å²) in [7, 11) is 0. The highest BCUT2D eigenvalue weighted by atomic mass is 14.7. The monoisotopic (exact) mass is 294 g/mol. The van der Waals surface area contributed by atoms with Crippen LogP contribution in [0.2, 0.25) is 0 Å². The highest BCUT2D eigenvalue weighted by Gasteiger charge is 2.32. The number of hydrogen-bond donors (Lipinski definition) is 2. The Labute approximate surface area is 132 Å². The van der Waals surface area contributed by atoms with Crippen LogP contribution in [0.25, 0.3) is 0 Å². The summed E-state index contributed by atoms with van der Waals surface area (Å²) in [5, 5.41) is 0. The molecular weight excluding hydrogens is 256 g/mol. The van der Waals surface area contributed by atoms with Crippen molar-refractivity contribution < 1.29 is 0 Å². The summed E-state index contributed by atoms with van der Waals surface area (Å²) < 4.78 is 0. The molecule has 0 aromatic rings. The molecule has 2 aliphatic rings. The fourth-order valence-corrected chi connectivity index (χ4v) is 4.78. The molecule has 21 heavy (non-hydrogen) atoms. The van der Waals surface area contributed by atoms with Gasteiger partial charge in [0.2, 0.25) is 0 Å². The van der Waals surface area contributed by atoms with Crippen molar-refractivity contribution in [2.45, 2.75) is 90.6 Å². The summed E-state index contributed by atoms with van der Waals surface area (Å²) in [5.74, 6) is 4.33. The second-order valence-corrected chi connectivity index (χ2v) is 8.40. The van der Waals surface area contributed by atoms with Gasteiger partial charge < -0.3 is 11.5 Å². The molecule has 0 amide bonds. The Kier molecular flexibility index (Phi) is 6.55. The van der Waals surface area contributed by atoms with Crippen molar-refractivity contribution in [1.29, 1.82) is 0 Å². The van der Waals surface area contributed by atoms with Gasteiger partial charge in [-0.2, -0.15) is 0 Å². The lowest BCUT2D eigenvalue weighted by molar-refractivity contribution is 0.177. The Morgan fingerprint density at radius 3 is 2.29 bits per heavy atom. The second-order valence-electron chi connectivity index (χ2n) is 8.40. The molecule has 2 nitrogen and oxygen atoms in total. The molecule has 2 fully saturated rings. The Morgan fingerprint density at radius 2 is 1.67 bits per heavy atom. The molecular formula is C19H38N2. The van der Waals surface area contributed by atoms with E-state index in [1.165, 1.54) is 57.8 Å². The van der Waals surface area contributed by atoms with Crippen molar-refractivity contribution in [3.63, 3.8) is 0 Å². The molecule has 0 aliphatic heterocycles. The van der Waals surface area contributed by atoms with E-state index in [1.54, 1.807) is 0 Å². The third-order valence-electron chi connectivity index (χ3n) is 6.76. The first kappa shape index (κ1) is 17.3. The molecule has 124 valence electrons. The minimum absolute atomic E-state index is 0.332. The summed E-state index contributed by atoms with van der Waals surface area (Å²) in [6.45, 7) is 6.87. The highest BCUT2D eigenvalue weighted by Crippen LogP contribution is 2.42. The van der Waals surface area contributed by atoms with Crippen molar-refractivity contribution in [1.82, 2.24) is 0 Å². The van der Waals surface area contributed by atoms with Crippen LogP contribution in [0.15, 0.2) is 0 Å². The zero-order valence-electron chi connectivity index (χ0n) is 14.6. The van der Waals surface area contributed by atoms with Crippen molar-refractivity contribution in [3.05, 3.63) is 0 Å². The summed E-state index contributed by atoms with van der Waals surface area (Å²) in [5.41, 5.74) is 12.2. The van der Waals surface area contributed by atoms with E-state index in [0.717, 1.165) is 23.7 Å². The standard InChI is InChI=1S/C19H38N2/c1-13(14(2)15(3)20)7-8-16-5-4-6-17(11-16)18-9-10-19(21)12-18/h13-19H,4-12,20-21H2,1-3H3. The highest BCUT2D eigenvalue weighted by molar-refractivity contribution is 4.86. The van der Waals surface area contributed by atoms with Crippen molar-refractivity contribution in [2.24, 2.45) is 41.1 Å². The molecule has 2 heteroatoms. The molecule has 7 atom stereocenters. The molecule has 0 aromatic heterocycles. The van der Waals surface area contributed by atoms with Gasteiger partial charge in [0.1, 0.15) is 0 Å². The third kappa shape index (κ3) is 4.96. The predicted molar refractivity (Wildman–Crippen MR) is 92.0 cm³/mol. The first-order valence-corrected chi connectivity index (χ1v) is 9.48. The molecule has 7 unspecified atom stereocenters. The van der Waals surface area contributed by atoms with Gasteiger partial charge in [-0.25, -0.2) is 0 Å². The molecule has 0 heterocycles. The van der Waals surface area contributed by atoms with Gasteiger partial charge in [0.25, 0.3) is 0 Å². The van der Waals surface area contributed by atoms with Crippen LogP contribution in [0.1, 0.15) is 78.6 Å². The van der Waals surface area contributed by atoms with Crippen LogP contribution in [0.5, 0.6) is 0 Å². The molecule has 0 aromatic carbocycles. The molecule has 2 aliphatic carbocycles. The summed E-state index contributed by atoms with van der Waals surface area (Å²) >= 11 is 0. The van der Waals surface area contributed by atoms with E-state index in [-0.39, 0.29) is 0 Å². The molecule has 0 radical (unpaired) electrons. The third-order valence-corrected chi connectivity index (χ3v) is 6.76. The number of nitrogens with two attached hydrogens (primary N) is 2. The van der Waals surface area contributed by atoms with Crippen LogP contribution in [0.3, 0.4) is 0 Å². The van der Waals surface area contributed by atoms with Gasteiger partial charge in [0.15, 0.2) is 0 Å². The number of hydrogen-bond acceptors (Lipinski definition) is 2. The van der Waals surface area contributed by atoms with Crippen LogP contribution >= 0.6 is 0 Å². The average molecular weight is 295 g/mol. The van der Waals surface area contributed by atoms with Gasteiger partial charge in [-0.1, -0.05) is 46.0 Å². The van der Waals surface area contributed by atoms with Crippen LogP contribution in [-0.4, -0.2) is 12.1 Å². The van der Waals surface area contributed by atoms with Crippen LogP contribution in [0, 0.1) is 29.6 Å². The molecule has 0 saturated heterocycles.